The fourth-order valence-corrected chi connectivity index (χ4v) is 6.73. The van der Waals surface area contributed by atoms with Crippen LogP contribution in [0.5, 0.6) is 5.75 Å². The Morgan fingerprint density at radius 2 is 1.71 bits per heavy atom. The third-order valence-electron chi connectivity index (χ3n) is 9.07. The summed E-state index contributed by atoms with van der Waals surface area (Å²) in [4.78, 5) is 59.8. The van der Waals surface area contributed by atoms with Gasteiger partial charge in [-0.15, -0.1) is 0 Å². The zero-order valence-electron chi connectivity index (χ0n) is 29.0. The van der Waals surface area contributed by atoms with Gasteiger partial charge in [-0.3, -0.25) is 19.3 Å². The largest absolute Gasteiger partial charge is 0.496 e. The maximum atomic E-state index is 14.7. The van der Waals surface area contributed by atoms with Crippen LogP contribution in [0.3, 0.4) is 0 Å². The number of fused-ring (bicyclic) bond motifs is 2. The van der Waals surface area contributed by atoms with E-state index in [0.717, 1.165) is 33.7 Å². The van der Waals surface area contributed by atoms with E-state index in [4.69, 9.17) is 14.2 Å². The molecule has 0 unspecified atom stereocenters. The van der Waals surface area contributed by atoms with Crippen molar-refractivity contribution in [2.75, 3.05) is 43.7 Å². The molecular weight excluding hydrogens is 692 g/mol. The highest BCUT2D eigenvalue weighted by molar-refractivity contribution is 9.10. The van der Waals surface area contributed by atoms with E-state index in [9.17, 15) is 19.2 Å². The molecule has 3 aromatic rings. The van der Waals surface area contributed by atoms with Crippen molar-refractivity contribution in [3.05, 3.63) is 64.6 Å². The first-order chi connectivity index (χ1) is 23.3. The van der Waals surface area contributed by atoms with Crippen LogP contribution >= 0.6 is 15.9 Å². The monoisotopic (exact) mass is 736 g/mol. The van der Waals surface area contributed by atoms with Crippen molar-refractivity contribution < 1.29 is 33.4 Å². The Balaban J connectivity index is 1.54. The Kier molecular flexibility index (Phi) is 11.2. The molecule has 11 nitrogen and oxygen atoms in total. The van der Waals surface area contributed by atoms with E-state index >= 15 is 0 Å². The number of carbonyl (C=O) groups is 4. The summed E-state index contributed by atoms with van der Waals surface area (Å²) in [6.45, 7) is 8.03. The average molecular weight is 738 g/mol. The van der Waals surface area contributed by atoms with Gasteiger partial charge in [-0.25, -0.2) is 4.79 Å². The molecule has 12 heteroatoms. The molecule has 262 valence electrons. The zero-order valence-corrected chi connectivity index (χ0v) is 30.5. The molecule has 2 aliphatic heterocycles. The molecule has 4 amide bonds. The summed E-state index contributed by atoms with van der Waals surface area (Å²) in [7, 11) is 3.06. The zero-order chi connectivity index (χ0) is 35.5. The Labute approximate surface area is 296 Å². The predicted molar refractivity (Wildman–Crippen MR) is 192 cm³/mol. The summed E-state index contributed by atoms with van der Waals surface area (Å²) >= 11 is 3.65. The molecule has 1 fully saturated rings. The lowest BCUT2D eigenvalue weighted by Gasteiger charge is -2.30. The number of methoxy groups -OCH3 is 1. The molecule has 0 aromatic heterocycles. The van der Waals surface area contributed by atoms with Gasteiger partial charge in [0.05, 0.1) is 31.6 Å². The van der Waals surface area contributed by atoms with Crippen molar-refractivity contribution in [2.45, 2.75) is 71.2 Å². The Hall–Kier alpha value is -4.16. The number of amides is 4. The van der Waals surface area contributed by atoms with Gasteiger partial charge in [0.25, 0.3) is 5.91 Å². The van der Waals surface area contributed by atoms with Crippen LogP contribution in [0.15, 0.2) is 59.1 Å². The standard InChI is InChI=1S/C37H45BrN4O7/c1-23(40(5)36(46)49-37(2,3)4)34(44)39-29-22-41(33(43)20-24-16-18-48-19-17-24)30-12-7-8-13-31(30)42(35(29)45)21-27-25-10-9-11-28(38)26(25)14-15-32(27)47-6/h7-15,23-24,29H,16-22H2,1-6H3,(H,39,44)/t23-,29-/m0/s1. The predicted octanol–water partition coefficient (Wildman–Crippen LogP) is 6.05. The Morgan fingerprint density at radius 3 is 2.39 bits per heavy atom. The van der Waals surface area contributed by atoms with Gasteiger partial charge in [0.1, 0.15) is 23.4 Å². The first-order valence-electron chi connectivity index (χ1n) is 16.6. The van der Waals surface area contributed by atoms with Crippen molar-refractivity contribution in [1.82, 2.24) is 10.2 Å². The lowest BCUT2D eigenvalue weighted by molar-refractivity contribution is -0.130. The van der Waals surface area contributed by atoms with Gasteiger partial charge in [-0.05, 0) is 87.6 Å². The fraction of sp³-hybridized carbons (Fsp3) is 0.459. The van der Waals surface area contributed by atoms with Crippen molar-refractivity contribution in [3.63, 3.8) is 0 Å². The van der Waals surface area contributed by atoms with Gasteiger partial charge < -0.3 is 29.3 Å². The van der Waals surface area contributed by atoms with Gasteiger partial charge in [0.2, 0.25) is 11.8 Å². The minimum atomic E-state index is -1.12. The van der Waals surface area contributed by atoms with Gasteiger partial charge in [-0.1, -0.05) is 40.2 Å². The molecule has 0 aliphatic carbocycles. The number of ether oxygens (including phenoxy) is 3. The minimum absolute atomic E-state index is 0.0821. The molecule has 1 N–H and O–H groups in total. The highest BCUT2D eigenvalue weighted by Gasteiger charge is 2.39. The molecule has 2 atom stereocenters. The summed E-state index contributed by atoms with van der Waals surface area (Å²) < 4.78 is 17.7. The summed E-state index contributed by atoms with van der Waals surface area (Å²) in [6.07, 6.45) is 1.17. The number of likely N-dealkylation sites (N-methyl/N-ethyl adjacent to an activating group) is 1. The van der Waals surface area contributed by atoms with Crippen LogP contribution in [-0.2, 0) is 30.4 Å². The smallest absolute Gasteiger partial charge is 0.410 e. The highest BCUT2D eigenvalue weighted by Crippen LogP contribution is 2.39. The summed E-state index contributed by atoms with van der Waals surface area (Å²) in [5, 5.41) is 4.73. The van der Waals surface area contributed by atoms with Crippen LogP contribution in [0.2, 0.25) is 0 Å². The van der Waals surface area contributed by atoms with Crippen LogP contribution in [0.4, 0.5) is 16.2 Å². The molecule has 0 radical (unpaired) electrons. The Bertz CT molecular complexity index is 1720. The van der Waals surface area contributed by atoms with Crippen molar-refractivity contribution in [3.8, 4) is 5.75 Å². The van der Waals surface area contributed by atoms with Gasteiger partial charge in [-0.2, -0.15) is 0 Å². The molecular formula is C37H45BrN4O7. The highest BCUT2D eigenvalue weighted by atomic mass is 79.9. The van der Waals surface area contributed by atoms with Gasteiger partial charge in [0, 0.05) is 36.7 Å². The SMILES string of the molecule is COc1ccc2c(Br)cccc2c1CN1C(=O)[C@@H](NC(=O)[C@H](C)N(C)C(=O)OC(C)(C)C)CN(C(=O)CC2CCOCC2)c2ccccc21. The molecule has 3 aromatic carbocycles. The van der Waals surface area contributed by atoms with Crippen LogP contribution in [-0.4, -0.2) is 80.3 Å². The second kappa shape index (κ2) is 15.2. The van der Waals surface area contributed by atoms with E-state index in [1.807, 2.05) is 54.6 Å². The number of benzene rings is 3. The summed E-state index contributed by atoms with van der Waals surface area (Å²) in [5.41, 5.74) is 1.13. The van der Waals surface area contributed by atoms with E-state index in [0.29, 0.717) is 30.3 Å². The maximum Gasteiger partial charge on any atom is 0.410 e. The van der Waals surface area contributed by atoms with Crippen LogP contribution < -0.4 is 19.9 Å². The summed E-state index contributed by atoms with van der Waals surface area (Å²) in [6, 6.07) is 14.9. The molecule has 0 spiro atoms. The van der Waals surface area contributed by atoms with Crippen molar-refractivity contribution >= 4 is 61.9 Å². The molecule has 0 saturated carbocycles. The van der Waals surface area contributed by atoms with E-state index in [1.165, 1.54) is 11.9 Å². The second-order valence-corrected chi connectivity index (χ2v) is 14.4. The van der Waals surface area contributed by atoms with Crippen LogP contribution in [0, 0.1) is 5.92 Å². The van der Waals surface area contributed by atoms with E-state index in [1.54, 1.807) is 44.6 Å². The van der Waals surface area contributed by atoms with Crippen molar-refractivity contribution in [1.29, 1.82) is 0 Å². The second-order valence-electron chi connectivity index (χ2n) is 13.6. The third kappa shape index (κ3) is 8.18. The lowest BCUT2D eigenvalue weighted by atomic mass is 9.95. The minimum Gasteiger partial charge on any atom is -0.496 e. The molecule has 2 heterocycles. The number of hydrogen-bond donors (Lipinski definition) is 1. The fourth-order valence-electron chi connectivity index (χ4n) is 6.24. The third-order valence-corrected chi connectivity index (χ3v) is 9.76. The van der Waals surface area contributed by atoms with Crippen LogP contribution in [0.1, 0.15) is 52.5 Å². The number of halogens is 1. The maximum absolute atomic E-state index is 14.7. The van der Waals surface area contributed by atoms with Crippen molar-refractivity contribution in [2.24, 2.45) is 5.92 Å². The topological polar surface area (TPSA) is 118 Å². The molecule has 5 rings (SSSR count). The molecule has 1 saturated heterocycles. The first kappa shape index (κ1) is 36.1. The number of nitrogens with one attached hydrogen (secondary N) is 1. The first-order valence-corrected chi connectivity index (χ1v) is 17.4. The lowest BCUT2D eigenvalue weighted by Crippen LogP contribution is -2.57. The number of nitrogens with zero attached hydrogens (tertiary/aromatic N) is 3. The Morgan fingerprint density at radius 1 is 1.02 bits per heavy atom. The van der Waals surface area contributed by atoms with Gasteiger partial charge in [0.15, 0.2) is 0 Å². The molecule has 0 bridgehead atoms. The normalized spacial score (nSPS) is 17.6. The number of carbonyl (C=O) groups excluding carboxylic acids is 4. The van der Waals surface area contributed by atoms with Gasteiger partial charge >= 0.3 is 6.09 Å². The van der Waals surface area contributed by atoms with E-state index in [-0.39, 0.29) is 31.3 Å². The van der Waals surface area contributed by atoms with E-state index in [2.05, 4.69) is 21.2 Å². The van der Waals surface area contributed by atoms with Crippen LogP contribution in [0.25, 0.3) is 10.8 Å². The molecule has 49 heavy (non-hydrogen) atoms. The quantitative estimate of drug-likeness (QED) is 0.299. The number of para-hydroxylation sites is 2. The number of rotatable bonds is 8. The summed E-state index contributed by atoms with van der Waals surface area (Å²) in [5.74, 6) is -0.346. The van der Waals surface area contributed by atoms with E-state index < -0.39 is 35.6 Å². The number of hydrogen-bond acceptors (Lipinski definition) is 7. The molecule has 2 aliphatic rings. The number of anilines is 2. The average Bonchev–Trinajstić information content (AvgIpc) is 3.18.